The lowest BCUT2D eigenvalue weighted by molar-refractivity contribution is -0.107. The molecule has 0 aromatic rings. The first-order valence-electron chi connectivity index (χ1n) is 7.64. The molecule has 0 amide bonds. The monoisotopic (exact) mass is 294 g/mol. The van der Waals surface area contributed by atoms with Crippen LogP contribution in [-0.2, 0) is 0 Å². The molecule has 4 heteroatoms. The summed E-state index contributed by atoms with van der Waals surface area (Å²) in [4.78, 5) is 0. The van der Waals surface area contributed by atoms with Gasteiger partial charge in [0, 0.05) is 0 Å². The first kappa shape index (κ1) is 24.8. The van der Waals surface area contributed by atoms with E-state index in [1.165, 1.54) is 0 Å². The molecule has 4 nitrogen and oxygen atoms in total. The van der Waals surface area contributed by atoms with Crippen molar-refractivity contribution < 1.29 is 20.4 Å². The van der Waals surface area contributed by atoms with Gasteiger partial charge in [-0.1, -0.05) is 27.2 Å². The Balaban J connectivity index is -0.000000221. The highest BCUT2D eigenvalue weighted by Gasteiger charge is 2.31. The van der Waals surface area contributed by atoms with E-state index >= 15 is 0 Å². The quantitative estimate of drug-likeness (QED) is 0.628. The molecule has 0 spiro atoms. The smallest absolute Gasteiger partial charge is 0.0872 e. The van der Waals surface area contributed by atoms with E-state index in [1.807, 2.05) is 20.8 Å². The fourth-order valence-electron chi connectivity index (χ4n) is 0.706. The maximum Gasteiger partial charge on any atom is 0.0872 e. The van der Waals surface area contributed by atoms with Crippen molar-refractivity contribution in [3.05, 3.63) is 0 Å². The fourth-order valence-corrected chi connectivity index (χ4v) is 0.706. The van der Waals surface area contributed by atoms with Crippen LogP contribution in [0, 0.1) is 0 Å². The number of rotatable bonds is 5. The molecular weight excluding hydrogens is 256 g/mol. The van der Waals surface area contributed by atoms with Crippen LogP contribution in [0.15, 0.2) is 0 Å². The summed E-state index contributed by atoms with van der Waals surface area (Å²) in [5.74, 6) is 0. The van der Waals surface area contributed by atoms with Gasteiger partial charge in [-0.2, -0.15) is 0 Å². The lowest BCUT2D eigenvalue weighted by Gasteiger charge is -2.31. The Kier molecular flexibility index (Phi) is 15.6. The van der Waals surface area contributed by atoms with Crippen LogP contribution in [0.5, 0.6) is 0 Å². The van der Waals surface area contributed by atoms with Crippen molar-refractivity contribution in [2.24, 2.45) is 0 Å². The van der Waals surface area contributed by atoms with Gasteiger partial charge in [0.25, 0.3) is 0 Å². The van der Waals surface area contributed by atoms with E-state index in [0.29, 0.717) is 0 Å². The van der Waals surface area contributed by atoms with Crippen molar-refractivity contribution in [1.29, 1.82) is 0 Å². The van der Waals surface area contributed by atoms with E-state index in [0.717, 1.165) is 25.7 Å². The molecule has 126 valence electrons. The molecule has 0 heterocycles. The Labute approximate surface area is 125 Å². The molecule has 0 fully saturated rings. The van der Waals surface area contributed by atoms with Crippen LogP contribution in [0.3, 0.4) is 0 Å². The molecule has 0 aromatic heterocycles. The van der Waals surface area contributed by atoms with Crippen molar-refractivity contribution in [2.75, 3.05) is 0 Å². The molecule has 0 radical (unpaired) electrons. The van der Waals surface area contributed by atoms with Crippen LogP contribution in [0.25, 0.3) is 0 Å². The maximum absolute atomic E-state index is 9.10. The van der Waals surface area contributed by atoms with Gasteiger partial charge in [-0.15, -0.1) is 0 Å². The van der Waals surface area contributed by atoms with E-state index < -0.39 is 11.2 Å². The summed E-state index contributed by atoms with van der Waals surface area (Å²) < 4.78 is 0. The minimum absolute atomic E-state index is 0.0648. The first-order chi connectivity index (χ1) is 8.83. The highest BCUT2D eigenvalue weighted by molar-refractivity contribution is 4.84. The van der Waals surface area contributed by atoms with Gasteiger partial charge in [0.05, 0.1) is 23.4 Å². The summed E-state index contributed by atoms with van der Waals surface area (Å²) >= 11 is 0. The van der Waals surface area contributed by atoms with Crippen LogP contribution in [-0.4, -0.2) is 43.8 Å². The van der Waals surface area contributed by atoms with Crippen molar-refractivity contribution in [2.45, 2.75) is 104 Å². The second-order valence-electron chi connectivity index (χ2n) is 6.23. The lowest BCUT2D eigenvalue weighted by atomic mass is 9.90. The van der Waals surface area contributed by atoms with Gasteiger partial charge in [-0.05, 0) is 53.9 Å². The maximum atomic E-state index is 9.10. The number of aliphatic hydroxyl groups is 4. The van der Waals surface area contributed by atoms with Crippen molar-refractivity contribution in [3.63, 3.8) is 0 Å². The second kappa shape index (κ2) is 12.6. The summed E-state index contributed by atoms with van der Waals surface area (Å²) in [6, 6.07) is 0. The van der Waals surface area contributed by atoms with Gasteiger partial charge in [0.15, 0.2) is 0 Å². The number of hydrogen-bond donors (Lipinski definition) is 4. The van der Waals surface area contributed by atoms with E-state index in [-0.39, 0.29) is 12.2 Å². The van der Waals surface area contributed by atoms with E-state index in [2.05, 4.69) is 6.92 Å². The Bertz CT molecular complexity index is 174. The molecule has 1 atom stereocenters. The summed E-state index contributed by atoms with van der Waals surface area (Å²) in [6.07, 6.45) is 3.62. The Hall–Kier alpha value is -0.160. The Morgan fingerprint density at radius 2 is 1.10 bits per heavy atom. The second-order valence-corrected chi connectivity index (χ2v) is 6.23. The van der Waals surface area contributed by atoms with Crippen molar-refractivity contribution in [3.8, 4) is 0 Å². The molecular formula is C16H38O4. The first-order valence-corrected chi connectivity index (χ1v) is 7.64. The van der Waals surface area contributed by atoms with Gasteiger partial charge in [0.2, 0.25) is 0 Å². The van der Waals surface area contributed by atoms with E-state index in [1.54, 1.807) is 27.7 Å². The molecule has 0 aliphatic carbocycles. The summed E-state index contributed by atoms with van der Waals surface area (Å²) in [5.41, 5.74) is -2.01. The van der Waals surface area contributed by atoms with Crippen LogP contribution in [0.1, 0.15) is 81.1 Å². The third kappa shape index (κ3) is 20.2. The van der Waals surface area contributed by atoms with Crippen molar-refractivity contribution in [1.82, 2.24) is 0 Å². The summed E-state index contributed by atoms with van der Waals surface area (Å²) in [7, 11) is 0. The van der Waals surface area contributed by atoms with Crippen LogP contribution < -0.4 is 0 Å². The molecule has 0 saturated carbocycles. The molecule has 0 aromatic carbocycles. The van der Waals surface area contributed by atoms with Crippen LogP contribution in [0.2, 0.25) is 0 Å². The molecule has 1 unspecified atom stereocenters. The van der Waals surface area contributed by atoms with Crippen LogP contribution in [0.4, 0.5) is 0 Å². The zero-order chi connectivity index (χ0) is 17.0. The fraction of sp³-hybridized carbons (Fsp3) is 1.00. The Morgan fingerprint density at radius 1 is 0.800 bits per heavy atom. The molecule has 0 aliphatic rings. The molecule has 20 heavy (non-hydrogen) atoms. The lowest BCUT2D eigenvalue weighted by Crippen LogP contribution is -2.44. The third-order valence-corrected chi connectivity index (χ3v) is 3.15. The minimum atomic E-state index is -1.01. The molecule has 0 rings (SSSR count). The van der Waals surface area contributed by atoms with Gasteiger partial charge >= 0.3 is 0 Å². The predicted molar refractivity (Wildman–Crippen MR) is 85.8 cm³/mol. The summed E-state index contributed by atoms with van der Waals surface area (Å²) in [5, 5.41) is 35.4. The normalized spacial score (nSPS) is 13.1. The van der Waals surface area contributed by atoms with E-state index in [9.17, 15) is 0 Å². The minimum Gasteiger partial charge on any atom is -0.393 e. The van der Waals surface area contributed by atoms with Crippen LogP contribution >= 0.6 is 0 Å². The number of aliphatic hydroxyl groups excluding tert-OH is 2. The Morgan fingerprint density at radius 3 is 1.10 bits per heavy atom. The third-order valence-electron chi connectivity index (χ3n) is 3.15. The van der Waals surface area contributed by atoms with Gasteiger partial charge in [-0.3, -0.25) is 0 Å². The number of hydrogen-bond acceptors (Lipinski definition) is 4. The van der Waals surface area contributed by atoms with Gasteiger partial charge < -0.3 is 20.4 Å². The highest BCUT2D eigenvalue weighted by atomic mass is 16.3. The molecule has 0 saturated heterocycles. The zero-order valence-corrected chi connectivity index (χ0v) is 14.8. The van der Waals surface area contributed by atoms with Crippen molar-refractivity contribution >= 4 is 0 Å². The molecule has 4 N–H and O–H groups in total. The average molecular weight is 294 g/mol. The SMILES string of the molecule is CC(C)(O)C(C)(C)O.CCC(O)CC.CCCC(C)O. The predicted octanol–water partition coefficient (Wildman–Crippen LogP) is 2.86. The summed E-state index contributed by atoms with van der Waals surface area (Å²) in [6.45, 7) is 14.1. The topological polar surface area (TPSA) is 80.9 Å². The van der Waals surface area contributed by atoms with E-state index in [4.69, 9.17) is 20.4 Å². The molecule has 0 bridgehead atoms. The highest BCUT2D eigenvalue weighted by Crippen LogP contribution is 2.19. The molecule has 0 aliphatic heterocycles. The average Bonchev–Trinajstić information content (AvgIpc) is 2.26. The van der Waals surface area contributed by atoms with Gasteiger partial charge in [0.1, 0.15) is 0 Å². The van der Waals surface area contributed by atoms with Gasteiger partial charge in [-0.25, -0.2) is 0 Å². The standard InChI is InChI=1S/C6H14O2.2C5H12O/c1-5(2,7)6(3,4)8;1-3-4-5(2)6;1-3-5(6)4-2/h7-8H,1-4H3;2*5-6H,3-4H2,1-2H3. The largest absolute Gasteiger partial charge is 0.393 e. The zero-order valence-electron chi connectivity index (χ0n) is 14.8.